The highest BCUT2D eigenvalue weighted by atomic mass is 16.6. The van der Waals surface area contributed by atoms with E-state index < -0.39 is 23.3 Å². The molecule has 92 valence electrons. The van der Waals surface area contributed by atoms with E-state index in [-0.39, 0.29) is 13.2 Å². The molecule has 0 radical (unpaired) electrons. The Morgan fingerprint density at radius 1 is 1.12 bits per heavy atom. The third-order valence-corrected chi connectivity index (χ3v) is 2.23. The molecule has 0 heterocycles. The van der Waals surface area contributed by atoms with Gasteiger partial charge in [-0.05, 0) is 20.8 Å². The van der Waals surface area contributed by atoms with Crippen molar-refractivity contribution in [2.75, 3.05) is 13.2 Å². The summed E-state index contributed by atoms with van der Waals surface area (Å²) in [4.78, 5) is 23.4. The van der Waals surface area contributed by atoms with Crippen molar-refractivity contribution in [1.82, 2.24) is 0 Å². The summed E-state index contributed by atoms with van der Waals surface area (Å²) in [6.45, 7) is 4.42. The fourth-order valence-corrected chi connectivity index (χ4v) is 1.17. The third kappa shape index (κ3) is 2.94. The van der Waals surface area contributed by atoms with Crippen LogP contribution < -0.4 is 0 Å². The summed E-state index contributed by atoms with van der Waals surface area (Å²) in [5, 5.41) is 17.6. The number of carbonyl (C=O) groups is 2. The number of carbonyl (C=O) groups excluding carboxylic acids is 2. The Hall–Kier alpha value is -2.08. The van der Waals surface area contributed by atoms with Gasteiger partial charge in [0, 0.05) is 0 Å². The maximum absolute atomic E-state index is 11.7. The van der Waals surface area contributed by atoms with Gasteiger partial charge in [-0.1, -0.05) is 0 Å². The van der Waals surface area contributed by atoms with Crippen molar-refractivity contribution in [2.24, 2.45) is 11.3 Å². The van der Waals surface area contributed by atoms with Gasteiger partial charge in [-0.25, -0.2) is 0 Å². The van der Waals surface area contributed by atoms with E-state index in [1.165, 1.54) is 6.92 Å². The lowest BCUT2D eigenvalue weighted by molar-refractivity contribution is -0.172. The molecule has 0 unspecified atom stereocenters. The Kier molecular flexibility index (Phi) is 5.70. The molecule has 0 aromatic carbocycles. The first-order valence-corrected chi connectivity index (χ1v) is 5.12. The van der Waals surface area contributed by atoms with Crippen molar-refractivity contribution in [3.63, 3.8) is 0 Å². The van der Waals surface area contributed by atoms with Gasteiger partial charge in [0.2, 0.25) is 0 Å². The lowest BCUT2D eigenvalue weighted by Crippen LogP contribution is -2.44. The van der Waals surface area contributed by atoms with Gasteiger partial charge in [0.05, 0.1) is 25.4 Å². The van der Waals surface area contributed by atoms with E-state index in [4.69, 9.17) is 20.0 Å². The van der Waals surface area contributed by atoms with E-state index in [0.717, 1.165) is 0 Å². The second kappa shape index (κ2) is 6.49. The number of hydrogen-bond acceptors (Lipinski definition) is 6. The summed E-state index contributed by atoms with van der Waals surface area (Å²) in [5.41, 5.74) is -1.91. The monoisotopic (exact) mass is 238 g/mol. The van der Waals surface area contributed by atoms with Gasteiger partial charge in [0.1, 0.15) is 0 Å². The van der Waals surface area contributed by atoms with Gasteiger partial charge in [0.15, 0.2) is 11.3 Å². The summed E-state index contributed by atoms with van der Waals surface area (Å²) < 4.78 is 9.43. The van der Waals surface area contributed by atoms with Crippen LogP contribution in [0.25, 0.3) is 0 Å². The smallest absolute Gasteiger partial charge is 0.325 e. The molecular formula is C11H14N2O4. The van der Waals surface area contributed by atoms with E-state index in [1.54, 1.807) is 26.0 Å². The minimum absolute atomic E-state index is 0.0530. The van der Waals surface area contributed by atoms with Crippen molar-refractivity contribution in [3.05, 3.63) is 0 Å². The first-order chi connectivity index (χ1) is 7.98. The van der Waals surface area contributed by atoms with Gasteiger partial charge in [-0.15, -0.1) is 0 Å². The minimum Gasteiger partial charge on any atom is -0.465 e. The Labute approximate surface area is 99.7 Å². The predicted molar refractivity (Wildman–Crippen MR) is 56.1 cm³/mol. The van der Waals surface area contributed by atoms with E-state index in [0.29, 0.717) is 0 Å². The van der Waals surface area contributed by atoms with Crippen molar-refractivity contribution in [1.29, 1.82) is 10.5 Å². The lowest BCUT2D eigenvalue weighted by Gasteiger charge is -2.25. The number of esters is 2. The number of ether oxygens (including phenoxy) is 2. The predicted octanol–water partition coefficient (Wildman–Crippen LogP) is 0.782. The van der Waals surface area contributed by atoms with Crippen LogP contribution in [0.15, 0.2) is 0 Å². The van der Waals surface area contributed by atoms with Crippen LogP contribution in [-0.2, 0) is 19.1 Å². The molecule has 0 atom stereocenters. The van der Waals surface area contributed by atoms with Crippen LogP contribution in [-0.4, -0.2) is 25.2 Å². The maximum Gasteiger partial charge on any atom is 0.325 e. The van der Waals surface area contributed by atoms with E-state index in [1.807, 2.05) is 0 Å². The zero-order valence-electron chi connectivity index (χ0n) is 10.0. The molecule has 0 saturated heterocycles. The van der Waals surface area contributed by atoms with Crippen LogP contribution in [0.5, 0.6) is 0 Å². The average molecular weight is 238 g/mol. The van der Waals surface area contributed by atoms with Gasteiger partial charge in [-0.2, -0.15) is 10.5 Å². The van der Waals surface area contributed by atoms with Gasteiger partial charge in [-0.3, -0.25) is 9.59 Å². The molecule has 0 spiro atoms. The molecule has 0 aliphatic carbocycles. The zero-order valence-corrected chi connectivity index (χ0v) is 10.0. The molecule has 0 rings (SSSR count). The van der Waals surface area contributed by atoms with Crippen LogP contribution in [0, 0.1) is 34.0 Å². The molecule has 0 aliphatic heterocycles. The van der Waals surface area contributed by atoms with Crippen molar-refractivity contribution < 1.29 is 19.1 Å². The van der Waals surface area contributed by atoms with Crippen LogP contribution in [0.3, 0.4) is 0 Å². The Bertz CT molecular complexity index is 346. The molecule has 0 aromatic rings. The minimum atomic E-state index is -1.91. The Morgan fingerprint density at radius 2 is 1.47 bits per heavy atom. The highest BCUT2D eigenvalue weighted by Crippen LogP contribution is 2.30. The first-order valence-electron chi connectivity index (χ1n) is 5.12. The van der Waals surface area contributed by atoms with Gasteiger partial charge < -0.3 is 9.47 Å². The van der Waals surface area contributed by atoms with Crippen LogP contribution in [0.2, 0.25) is 0 Å². The second-order valence-corrected chi connectivity index (χ2v) is 3.33. The largest absolute Gasteiger partial charge is 0.465 e. The molecule has 6 heteroatoms. The molecular weight excluding hydrogens is 224 g/mol. The Morgan fingerprint density at radius 3 is 1.71 bits per heavy atom. The summed E-state index contributed by atoms with van der Waals surface area (Å²) in [6, 6.07) is 3.22. The van der Waals surface area contributed by atoms with Crippen LogP contribution in [0.1, 0.15) is 20.8 Å². The second-order valence-electron chi connectivity index (χ2n) is 3.33. The van der Waals surface area contributed by atoms with Crippen LogP contribution in [0.4, 0.5) is 0 Å². The molecule has 0 saturated carbocycles. The fourth-order valence-electron chi connectivity index (χ4n) is 1.17. The standard InChI is InChI=1S/C11H14N2O4/c1-4-16-9(14)11(3,8(6-12)7-13)10(15)17-5-2/h8H,4-5H2,1-3H3. The highest BCUT2D eigenvalue weighted by molar-refractivity contribution is 6.00. The molecule has 0 aliphatic rings. The number of rotatable bonds is 5. The molecule has 6 nitrogen and oxygen atoms in total. The Balaban J connectivity index is 5.37. The highest BCUT2D eigenvalue weighted by Gasteiger charge is 2.52. The summed E-state index contributed by atoms with van der Waals surface area (Å²) in [7, 11) is 0. The molecule has 17 heavy (non-hydrogen) atoms. The lowest BCUT2D eigenvalue weighted by atomic mass is 9.78. The quantitative estimate of drug-likeness (QED) is 0.518. The third-order valence-electron chi connectivity index (χ3n) is 2.23. The summed E-state index contributed by atoms with van der Waals surface area (Å²) >= 11 is 0. The number of nitrogens with zero attached hydrogens (tertiary/aromatic N) is 2. The van der Waals surface area contributed by atoms with Crippen molar-refractivity contribution in [3.8, 4) is 12.1 Å². The van der Waals surface area contributed by atoms with Gasteiger partial charge >= 0.3 is 11.9 Å². The molecule has 0 aromatic heterocycles. The molecule has 0 N–H and O–H groups in total. The molecule has 0 bridgehead atoms. The van der Waals surface area contributed by atoms with E-state index in [9.17, 15) is 9.59 Å². The number of hydrogen-bond donors (Lipinski definition) is 0. The topological polar surface area (TPSA) is 100 Å². The van der Waals surface area contributed by atoms with E-state index >= 15 is 0 Å². The van der Waals surface area contributed by atoms with Crippen molar-refractivity contribution in [2.45, 2.75) is 20.8 Å². The molecule has 0 amide bonds. The number of nitriles is 2. The summed E-state index contributed by atoms with van der Waals surface area (Å²) in [6.07, 6.45) is 0. The van der Waals surface area contributed by atoms with Crippen LogP contribution >= 0.6 is 0 Å². The van der Waals surface area contributed by atoms with E-state index in [2.05, 4.69) is 0 Å². The van der Waals surface area contributed by atoms with Gasteiger partial charge in [0.25, 0.3) is 0 Å². The SMILES string of the molecule is CCOC(=O)C(C)(C(=O)OCC)C(C#N)C#N. The summed E-state index contributed by atoms with van der Waals surface area (Å²) in [5.74, 6) is -3.29. The maximum atomic E-state index is 11.7. The fraction of sp³-hybridized carbons (Fsp3) is 0.636. The first kappa shape index (κ1) is 14.9. The van der Waals surface area contributed by atoms with Crippen molar-refractivity contribution >= 4 is 11.9 Å². The average Bonchev–Trinajstić information content (AvgIpc) is 2.30. The zero-order chi connectivity index (χ0) is 13.5. The molecule has 0 fully saturated rings. The normalized spacial score (nSPS) is 10.2.